The van der Waals surface area contributed by atoms with Gasteiger partial charge in [0.2, 0.25) is 0 Å². The topological polar surface area (TPSA) is 3.24 Å². The maximum Gasteiger partial charge on any atom is 0.0493 e. The van der Waals surface area contributed by atoms with E-state index in [-0.39, 0.29) is 0 Å². The monoisotopic (exact) mass is 231 g/mol. The molecule has 1 nitrogen and oxygen atoms in total. The van der Waals surface area contributed by atoms with Crippen LogP contribution in [0.4, 0.5) is 5.69 Å². The van der Waals surface area contributed by atoms with Crippen LogP contribution in [-0.2, 0) is 0 Å². The number of nitrogens with zero attached hydrogens (tertiary/aromatic N) is 1. The van der Waals surface area contributed by atoms with E-state index in [9.17, 15) is 0 Å². The van der Waals surface area contributed by atoms with Crippen molar-refractivity contribution < 1.29 is 0 Å². The van der Waals surface area contributed by atoms with Crippen LogP contribution in [0.1, 0.15) is 5.56 Å². The summed E-state index contributed by atoms with van der Waals surface area (Å²) in [6, 6.07) is 17.2. The predicted molar refractivity (Wildman–Crippen MR) is 76.4 cm³/mol. The second-order valence-corrected chi connectivity index (χ2v) is 4.68. The SMILES string of the molecule is C1=Cc2ccccc2N2CC=c3ccccc3=C12. The lowest BCUT2D eigenvalue weighted by molar-refractivity contribution is 1.10. The van der Waals surface area contributed by atoms with Crippen LogP contribution in [0.15, 0.2) is 54.6 Å². The minimum absolute atomic E-state index is 0.952. The number of hydrogen-bond acceptors (Lipinski definition) is 1. The Kier molecular flexibility index (Phi) is 1.95. The summed E-state index contributed by atoms with van der Waals surface area (Å²) in [5.41, 5.74) is 3.92. The molecular formula is C17H13N. The number of para-hydroxylation sites is 1. The number of anilines is 1. The maximum absolute atomic E-state index is 2.39. The molecule has 0 saturated heterocycles. The fourth-order valence-corrected chi connectivity index (χ4v) is 2.79. The molecule has 1 heteroatoms. The zero-order valence-corrected chi connectivity index (χ0v) is 10.0. The van der Waals surface area contributed by atoms with E-state index in [0.717, 1.165) is 6.54 Å². The number of hydrogen-bond donors (Lipinski definition) is 0. The minimum atomic E-state index is 0.952. The van der Waals surface area contributed by atoms with E-state index in [1.165, 1.54) is 27.4 Å². The quantitative estimate of drug-likeness (QED) is 0.671. The molecule has 0 bridgehead atoms. The van der Waals surface area contributed by atoms with Crippen molar-refractivity contribution in [1.82, 2.24) is 0 Å². The van der Waals surface area contributed by atoms with Gasteiger partial charge in [0.05, 0.1) is 0 Å². The fourth-order valence-electron chi connectivity index (χ4n) is 2.79. The average Bonchev–Trinajstić information content (AvgIpc) is 2.46. The van der Waals surface area contributed by atoms with E-state index in [2.05, 4.69) is 71.7 Å². The molecule has 0 N–H and O–H groups in total. The summed E-state index contributed by atoms with van der Waals surface area (Å²) in [5.74, 6) is 0. The first-order chi connectivity index (χ1) is 8.93. The first-order valence-corrected chi connectivity index (χ1v) is 6.28. The summed E-state index contributed by atoms with van der Waals surface area (Å²) in [4.78, 5) is 2.39. The molecule has 0 aromatic heterocycles. The van der Waals surface area contributed by atoms with Crippen molar-refractivity contribution in [2.24, 2.45) is 0 Å². The van der Waals surface area contributed by atoms with Crippen LogP contribution in [-0.4, -0.2) is 6.54 Å². The highest BCUT2D eigenvalue weighted by Crippen LogP contribution is 2.30. The highest BCUT2D eigenvalue weighted by molar-refractivity contribution is 5.89. The summed E-state index contributed by atoms with van der Waals surface area (Å²) >= 11 is 0. The molecule has 0 atom stereocenters. The standard InChI is InChI=1S/C17H13N/c1-3-7-15-13(5-1)11-12-18-16-8-4-2-6-14(16)9-10-17(15)18/h1-11H,12H2. The second kappa shape index (κ2) is 3.61. The molecular weight excluding hydrogens is 218 g/mol. The van der Waals surface area contributed by atoms with Crippen molar-refractivity contribution >= 4 is 23.5 Å². The van der Waals surface area contributed by atoms with Crippen molar-refractivity contribution in [2.45, 2.75) is 0 Å². The van der Waals surface area contributed by atoms with E-state index < -0.39 is 0 Å². The van der Waals surface area contributed by atoms with E-state index in [1.807, 2.05) is 0 Å². The third-order valence-electron chi connectivity index (χ3n) is 3.67. The Balaban J connectivity index is 2.06. The van der Waals surface area contributed by atoms with Crippen LogP contribution < -0.4 is 15.3 Å². The number of benzene rings is 2. The third kappa shape index (κ3) is 1.28. The minimum Gasteiger partial charge on any atom is -0.337 e. The van der Waals surface area contributed by atoms with Crippen LogP contribution >= 0.6 is 0 Å². The van der Waals surface area contributed by atoms with Gasteiger partial charge in [0.25, 0.3) is 0 Å². The van der Waals surface area contributed by atoms with Gasteiger partial charge in [0.15, 0.2) is 0 Å². The highest BCUT2D eigenvalue weighted by Gasteiger charge is 2.18. The van der Waals surface area contributed by atoms with E-state index in [1.54, 1.807) is 0 Å². The fraction of sp³-hybridized carbons (Fsp3) is 0.0588. The van der Waals surface area contributed by atoms with Crippen molar-refractivity contribution in [2.75, 3.05) is 11.4 Å². The summed E-state index contributed by atoms with van der Waals surface area (Å²) in [5, 5.41) is 2.67. The predicted octanol–water partition coefficient (Wildman–Crippen LogP) is 2.12. The van der Waals surface area contributed by atoms with E-state index in [0.29, 0.717) is 0 Å². The van der Waals surface area contributed by atoms with E-state index in [4.69, 9.17) is 0 Å². The van der Waals surface area contributed by atoms with Gasteiger partial charge in [-0.15, -0.1) is 0 Å². The molecule has 0 saturated carbocycles. The lowest BCUT2D eigenvalue weighted by Gasteiger charge is -2.31. The summed E-state index contributed by atoms with van der Waals surface area (Å²) in [7, 11) is 0. The first kappa shape index (κ1) is 9.72. The van der Waals surface area contributed by atoms with Crippen molar-refractivity contribution in [3.8, 4) is 0 Å². The molecule has 0 unspecified atom stereocenters. The molecule has 0 amide bonds. The smallest absolute Gasteiger partial charge is 0.0493 e. The molecule has 0 radical (unpaired) electrons. The van der Waals surface area contributed by atoms with Gasteiger partial charge in [-0.05, 0) is 22.9 Å². The summed E-state index contributed by atoms with van der Waals surface area (Å²) < 4.78 is 0. The van der Waals surface area contributed by atoms with Crippen LogP contribution in [0.25, 0.3) is 17.8 Å². The van der Waals surface area contributed by atoms with Gasteiger partial charge in [0.1, 0.15) is 0 Å². The Morgan fingerprint density at radius 2 is 1.67 bits per heavy atom. The van der Waals surface area contributed by atoms with Crippen molar-refractivity contribution in [3.63, 3.8) is 0 Å². The summed E-state index contributed by atoms with van der Waals surface area (Å²) in [6.45, 7) is 0.952. The zero-order valence-electron chi connectivity index (χ0n) is 10.0. The lowest BCUT2D eigenvalue weighted by Crippen LogP contribution is -2.40. The van der Waals surface area contributed by atoms with Gasteiger partial charge >= 0.3 is 0 Å². The molecule has 2 aliphatic rings. The Morgan fingerprint density at radius 1 is 0.833 bits per heavy atom. The van der Waals surface area contributed by atoms with Crippen LogP contribution in [0.2, 0.25) is 0 Å². The van der Waals surface area contributed by atoms with Gasteiger partial charge in [-0.2, -0.15) is 0 Å². The Labute approximate surface area is 106 Å². The molecule has 2 heterocycles. The van der Waals surface area contributed by atoms with Gasteiger partial charge in [-0.25, -0.2) is 0 Å². The average molecular weight is 231 g/mol. The first-order valence-electron chi connectivity index (χ1n) is 6.28. The van der Waals surface area contributed by atoms with Crippen LogP contribution in [0.3, 0.4) is 0 Å². The lowest BCUT2D eigenvalue weighted by atomic mass is 10.0. The molecule has 0 aliphatic carbocycles. The number of rotatable bonds is 0. The molecule has 4 rings (SSSR count). The second-order valence-electron chi connectivity index (χ2n) is 4.68. The van der Waals surface area contributed by atoms with E-state index >= 15 is 0 Å². The van der Waals surface area contributed by atoms with Crippen molar-refractivity contribution in [3.05, 3.63) is 70.6 Å². The third-order valence-corrected chi connectivity index (χ3v) is 3.67. The Bertz CT molecular complexity index is 768. The van der Waals surface area contributed by atoms with Gasteiger partial charge in [-0.3, -0.25) is 0 Å². The van der Waals surface area contributed by atoms with Crippen LogP contribution in [0, 0.1) is 0 Å². The molecule has 18 heavy (non-hydrogen) atoms. The molecule has 86 valence electrons. The largest absolute Gasteiger partial charge is 0.337 e. The molecule has 0 fully saturated rings. The number of fused-ring (bicyclic) bond motifs is 4. The van der Waals surface area contributed by atoms with Crippen LogP contribution in [0.5, 0.6) is 0 Å². The summed E-state index contributed by atoms with van der Waals surface area (Å²) in [6.07, 6.45) is 6.74. The Hall–Kier alpha value is -2.28. The van der Waals surface area contributed by atoms with Gasteiger partial charge < -0.3 is 4.90 Å². The molecule has 0 spiro atoms. The van der Waals surface area contributed by atoms with Crippen molar-refractivity contribution in [1.29, 1.82) is 0 Å². The molecule has 2 aliphatic heterocycles. The zero-order chi connectivity index (χ0) is 11.9. The molecule has 2 aromatic rings. The highest BCUT2D eigenvalue weighted by atomic mass is 15.1. The maximum atomic E-state index is 2.39. The normalized spacial score (nSPS) is 15.6. The van der Waals surface area contributed by atoms with Gasteiger partial charge in [-0.1, -0.05) is 54.6 Å². The molecule has 2 aromatic carbocycles. The Morgan fingerprint density at radius 3 is 2.67 bits per heavy atom. The van der Waals surface area contributed by atoms with Gasteiger partial charge in [0, 0.05) is 23.1 Å².